The minimum absolute atomic E-state index is 0.0223. The molecule has 104 valence electrons. The molecule has 0 saturated heterocycles. The van der Waals surface area contributed by atoms with Crippen molar-refractivity contribution in [2.75, 3.05) is 33.8 Å². The van der Waals surface area contributed by atoms with Gasteiger partial charge in [0, 0.05) is 20.6 Å². The fourth-order valence-corrected chi connectivity index (χ4v) is 1.36. The molecule has 6 heteroatoms. The molecule has 1 amide bonds. The molecule has 0 heterocycles. The van der Waals surface area contributed by atoms with Crippen LogP contribution in [-0.4, -0.2) is 55.7 Å². The molecule has 0 fully saturated rings. The second-order valence-electron chi connectivity index (χ2n) is 4.11. The second-order valence-corrected chi connectivity index (χ2v) is 4.11. The van der Waals surface area contributed by atoms with Crippen molar-refractivity contribution in [3.05, 3.63) is 29.8 Å². The second kappa shape index (κ2) is 7.38. The van der Waals surface area contributed by atoms with Gasteiger partial charge in [0.1, 0.15) is 17.9 Å². The van der Waals surface area contributed by atoms with Crippen molar-refractivity contribution in [1.29, 1.82) is 0 Å². The Labute approximate surface area is 112 Å². The van der Waals surface area contributed by atoms with Crippen molar-refractivity contribution in [2.24, 2.45) is 0 Å². The number of amides is 1. The molecule has 0 aliphatic heterocycles. The number of para-hydroxylation sites is 1. The van der Waals surface area contributed by atoms with Crippen molar-refractivity contribution in [3.8, 4) is 5.75 Å². The number of aromatic carboxylic acids is 1. The average Bonchev–Trinajstić information content (AvgIpc) is 2.38. The largest absolute Gasteiger partial charge is 0.491 e. The Morgan fingerprint density at radius 3 is 2.63 bits per heavy atom. The summed E-state index contributed by atoms with van der Waals surface area (Å²) >= 11 is 0. The van der Waals surface area contributed by atoms with Gasteiger partial charge in [0.2, 0.25) is 5.91 Å². The molecule has 0 radical (unpaired) electrons. The SMILES string of the molecule is CN(C)C(=O)CNCCOc1ccccc1C(=O)O. The van der Waals surface area contributed by atoms with E-state index in [1.165, 1.54) is 11.0 Å². The van der Waals surface area contributed by atoms with Crippen LogP contribution in [0.4, 0.5) is 0 Å². The van der Waals surface area contributed by atoms with E-state index >= 15 is 0 Å². The number of carboxylic acids is 1. The lowest BCUT2D eigenvalue weighted by Crippen LogP contribution is -2.34. The molecule has 6 nitrogen and oxygen atoms in total. The van der Waals surface area contributed by atoms with Crippen LogP contribution >= 0.6 is 0 Å². The summed E-state index contributed by atoms with van der Waals surface area (Å²) in [5.74, 6) is -0.715. The van der Waals surface area contributed by atoms with Crippen LogP contribution in [0.5, 0.6) is 5.75 Å². The summed E-state index contributed by atoms with van der Waals surface area (Å²) in [6.07, 6.45) is 0. The van der Waals surface area contributed by atoms with Crippen LogP contribution in [0, 0.1) is 0 Å². The zero-order chi connectivity index (χ0) is 14.3. The third-order valence-corrected chi connectivity index (χ3v) is 2.43. The van der Waals surface area contributed by atoms with Crippen LogP contribution in [0.3, 0.4) is 0 Å². The molecule has 0 saturated carbocycles. The van der Waals surface area contributed by atoms with E-state index in [1.54, 1.807) is 32.3 Å². The molecule has 1 aromatic carbocycles. The number of carboxylic acid groups (broad SMARTS) is 1. The number of carbonyl (C=O) groups is 2. The van der Waals surface area contributed by atoms with Crippen molar-refractivity contribution in [2.45, 2.75) is 0 Å². The summed E-state index contributed by atoms with van der Waals surface area (Å²) < 4.78 is 5.37. The molecule has 1 aromatic rings. The normalized spacial score (nSPS) is 10.0. The summed E-state index contributed by atoms with van der Waals surface area (Å²) in [5, 5.41) is 11.9. The van der Waals surface area contributed by atoms with E-state index in [4.69, 9.17) is 9.84 Å². The first kappa shape index (κ1) is 15.0. The Bertz CT molecular complexity index is 446. The molecule has 0 spiro atoms. The zero-order valence-corrected chi connectivity index (χ0v) is 11.0. The lowest BCUT2D eigenvalue weighted by atomic mass is 10.2. The average molecular weight is 266 g/mol. The van der Waals surface area contributed by atoms with Crippen molar-refractivity contribution >= 4 is 11.9 Å². The number of rotatable bonds is 7. The lowest BCUT2D eigenvalue weighted by Gasteiger charge is -2.12. The number of ether oxygens (including phenoxy) is 1. The topological polar surface area (TPSA) is 78.9 Å². The lowest BCUT2D eigenvalue weighted by molar-refractivity contribution is -0.127. The number of carbonyl (C=O) groups excluding carboxylic acids is 1. The predicted octanol–water partition coefficient (Wildman–Crippen LogP) is 0.441. The minimum atomic E-state index is -1.02. The van der Waals surface area contributed by atoms with E-state index in [2.05, 4.69) is 5.32 Å². The van der Waals surface area contributed by atoms with Gasteiger partial charge < -0.3 is 20.1 Å². The molecular formula is C13H18N2O4. The highest BCUT2D eigenvalue weighted by Crippen LogP contribution is 2.17. The molecule has 1 rings (SSSR count). The molecule has 19 heavy (non-hydrogen) atoms. The van der Waals surface area contributed by atoms with Crippen LogP contribution < -0.4 is 10.1 Å². The van der Waals surface area contributed by atoms with Gasteiger partial charge in [-0.1, -0.05) is 12.1 Å². The van der Waals surface area contributed by atoms with E-state index < -0.39 is 5.97 Å². The van der Waals surface area contributed by atoms with Crippen LogP contribution in [0.25, 0.3) is 0 Å². The Hall–Kier alpha value is -2.08. The first-order chi connectivity index (χ1) is 9.02. The van der Waals surface area contributed by atoms with Crippen molar-refractivity contribution in [3.63, 3.8) is 0 Å². The maximum atomic E-state index is 11.3. The van der Waals surface area contributed by atoms with Crippen LogP contribution in [0.2, 0.25) is 0 Å². The van der Waals surface area contributed by atoms with E-state index in [0.717, 1.165) is 0 Å². The van der Waals surface area contributed by atoms with E-state index in [9.17, 15) is 9.59 Å². The molecule has 0 aromatic heterocycles. The minimum Gasteiger partial charge on any atom is -0.491 e. The summed E-state index contributed by atoms with van der Waals surface area (Å²) in [4.78, 5) is 23.7. The van der Waals surface area contributed by atoms with Gasteiger partial charge in [-0.15, -0.1) is 0 Å². The van der Waals surface area contributed by atoms with Crippen LogP contribution in [0.1, 0.15) is 10.4 Å². The van der Waals surface area contributed by atoms with E-state index in [-0.39, 0.29) is 18.0 Å². The van der Waals surface area contributed by atoms with Gasteiger partial charge in [0.15, 0.2) is 0 Å². The van der Waals surface area contributed by atoms with Gasteiger partial charge in [0.25, 0.3) is 0 Å². The Balaban J connectivity index is 2.34. The smallest absolute Gasteiger partial charge is 0.339 e. The molecule has 0 unspecified atom stereocenters. The molecule has 2 N–H and O–H groups in total. The maximum absolute atomic E-state index is 11.3. The highest BCUT2D eigenvalue weighted by molar-refractivity contribution is 5.90. The summed E-state index contributed by atoms with van der Waals surface area (Å²) in [7, 11) is 3.37. The van der Waals surface area contributed by atoms with Gasteiger partial charge in [-0.3, -0.25) is 4.79 Å². The molecule has 0 atom stereocenters. The number of likely N-dealkylation sites (N-methyl/N-ethyl adjacent to an activating group) is 1. The van der Waals surface area contributed by atoms with Gasteiger partial charge >= 0.3 is 5.97 Å². The highest BCUT2D eigenvalue weighted by atomic mass is 16.5. The highest BCUT2D eigenvalue weighted by Gasteiger charge is 2.09. The summed E-state index contributed by atoms with van der Waals surface area (Å²) in [6.45, 7) is 0.996. The predicted molar refractivity (Wildman–Crippen MR) is 70.5 cm³/mol. The Kier molecular flexibility index (Phi) is 5.81. The fourth-order valence-electron chi connectivity index (χ4n) is 1.36. The van der Waals surface area contributed by atoms with Crippen LogP contribution in [-0.2, 0) is 4.79 Å². The third-order valence-electron chi connectivity index (χ3n) is 2.43. The Morgan fingerprint density at radius 1 is 1.32 bits per heavy atom. The van der Waals surface area contributed by atoms with Crippen molar-refractivity contribution < 1.29 is 19.4 Å². The van der Waals surface area contributed by atoms with Gasteiger partial charge in [-0.2, -0.15) is 0 Å². The number of nitrogens with one attached hydrogen (secondary N) is 1. The first-order valence-corrected chi connectivity index (χ1v) is 5.88. The standard InChI is InChI=1S/C13H18N2O4/c1-15(2)12(16)9-14-7-8-19-11-6-4-3-5-10(11)13(17)18/h3-6,14H,7-9H2,1-2H3,(H,17,18). The summed E-state index contributed by atoms with van der Waals surface area (Å²) in [6, 6.07) is 6.45. The number of benzene rings is 1. The van der Waals surface area contributed by atoms with Crippen LogP contribution in [0.15, 0.2) is 24.3 Å². The molecule has 0 aliphatic carbocycles. The molecular weight excluding hydrogens is 248 g/mol. The zero-order valence-electron chi connectivity index (χ0n) is 11.0. The van der Waals surface area contributed by atoms with Gasteiger partial charge in [-0.05, 0) is 12.1 Å². The maximum Gasteiger partial charge on any atom is 0.339 e. The molecule has 0 bridgehead atoms. The van der Waals surface area contributed by atoms with Gasteiger partial charge in [0.05, 0.1) is 6.54 Å². The van der Waals surface area contributed by atoms with Gasteiger partial charge in [-0.25, -0.2) is 4.79 Å². The van der Waals surface area contributed by atoms with E-state index in [0.29, 0.717) is 18.9 Å². The quantitative estimate of drug-likeness (QED) is 0.700. The number of hydrogen-bond acceptors (Lipinski definition) is 4. The number of nitrogens with zero attached hydrogens (tertiary/aromatic N) is 1. The fraction of sp³-hybridized carbons (Fsp3) is 0.385. The Morgan fingerprint density at radius 2 is 2.00 bits per heavy atom. The first-order valence-electron chi connectivity index (χ1n) is 5.88. The van der Waals surface area contributed by atoms with E-state index in [1.807, 2.05) is 0 Å². The summed E-state index contributed by atoms with van der Waals surface area (Å²) in [5.41, 5.74) is 0.131. The molecule has 0 aliphatic rings. The number of hydrogen-bond donors (Lipinski definition) is 2. The third kappa shape index (κ3) is 4.97. The monoisotopic (exact) mass is 266 g/mol. The van der Waals surface area contributed by atoms with Crippen molar-refractivity contribution in [1.82, 2.24) is 10.2 Å².